The van der Waals surface area contributed by atoms with E-state index >= 15 is 0 Å². The van der Waals surface area contributed by atoms with Crippen molar-refractivity contribution in [3.63, 3.8) is 0 Å². The lowest BCUT2D eigenvalue weighted by atomic mass is 10.1. The van der Waals surface area contributed by atoms with E-state index in [1.807, 2.05) is 24.3 Å². The van der Waals surface area contributed by atoms with Gasteiger partial charge in [-0.1, -0.05) is 31.2 Å². The van der Waals surface area contributed by atoms with Crippen LogP contribution in [0, 0.1) is 5.82 Å². The topological polar surface area (TPSA) is 82.7 Å². The Kier molecular flexibility index (Phi) is 5.03. The number of benzene rings is 2. The molecule has 0 saturated carbocycles. The predicted molar refractivity (Wildman–Crippen MR) is 93.1 cm³/mol. The average Bonchev–Trinajstić information content (AvgIpc) is 3.10. The number of halogens is 1. The van der Waals surface area contributed by atoms with E-state index in [0.29, 0.717) is 5.82 Å². The van der Waals surface area contributed by atoms with Crippen LogP contribution in [0.15, 0.2) is 48.5 Å². The van der Waals surface area contributed by atoms with Gasteiger partial charge in [-0.25, -0.2) is 4.39 Å². The van der Waals surface area contributed by atoms with Gasteiger partial charge in [0, 0.05) is 12.2 Å². The van der Waals surface area contributed by atoms with Crippen molar-refractivity contribution in [2.24, 2.45) is 0 Å². The maximum absolute atomic E-state index is 12.9. The molecule has 25 heavy (non-hydrogen) atoms. The number of hydrogen-bond acceptors (Lipinski definition) is 4. The summed E-state index contributed by atoms with van der Waals surface area (Å²) in [6.07, 6.45) is 0.960. The summed E-state index contributed by atoms with van der Waals surface area (Å²) in [4.78, 5) is 12.3. The molecule has 0 fully saturated rings. The lowest BCUT2D eigenvalue weighted by Gasteiger charge is -2.07. The zero-order chi connectivity index (χ0) is 17.6. The summed E-state index contributed by atoms with van der Waals surface area (Å²) < 4.78 is 12.9. The number of anilines is 2. The van der Waals surface area contributed by atoms with Crippen LogP contribution in [0.5, 0.6) is 0 Å². The van der Waals surface area contributed by atoms with Crippen LogP contribution in [0.1, 0.15) is 28.5 Å². The van der Waals surface area contributed by atoms with Crippen molar-refractivity contribution in [3.05, 3.63) is 71.2 Å². The predicted octanol–water partition coefficient (Wildman–Crippen LogP) is 3.18. The summed E-state index contributed by atoms with van der Waals surface area (Å²) in [6.45, 7) is 2.36. The van der Waals surface area contributed by atoms with Crippen LogP contribution >= 0.6 is 0 Å². The highest BCUT2D eigenvalue weighted by Gasteiger charge is 2.16. The van der Waals surface area contributed by atoms with Gasteiger partial charge in [0.05, 0.1) is 0 Å². The van der Waals surface area contributed by atoms with Crippen molar-refractivity contribution >= 4 is 17.4 Å². The second-order valence-electron chi connectivity index (χ2n) is 5.51. The third kappa shape index (κ3) is 4.20. The van der Waals surface area contributed by atoms with Crippen LogP contribution in [0.4, 0.5) is 15.9 Å². The molecule has 0 atom stereocenters. The van der Waals surface area contributed by atoms with Crippen LogP contribution in [0.3, 0.4) is 0 Å². The summed E-state index contributed by atoms with van der Waals surface area (Å²) in [6, 6.07) is 13.8. The highest BCUT2D eigenvalue weighted by Crippen LogP contribution is 2.17. The molecule has 0 radical (unpaired) electrons. The van der Waals surface area contributed by atoms with Gasteiger partial charge >= 0.3 is 0 Å². The van der Waals surface area contributed by atoms with Crippen LogP contribution in [-0.4, -0.2) is 21.3 Å². The van der Waals surface area contributed by atoms with Crippen molar-refractivity contribution in [1.82, 2.24) is 20.7 Å². The van der Waals surface area contributed by atoms with E-state index in [-0.39, 0.29) is 24.0 Å². The van der Waals surface area contributed by atoms with Crippen LogP contribution in [0.2, 0.25) is 0 Å². The largest absolute Gasteiger partial charge is 0.346 e. The number of aryl methyl sites for hydroxylation is 1. The van der Waals surface area contributed by atoms with Crippen molar-refractivity contribution in [1.29, 1.82) is 0 Å². The second kappa shape index (κ2) is 7.57. The standard InChI is InChI=1S/C18H18FN5O/c1-2-12-5-9-15(10-6-12)21-17-16(22-24-23-17)18(25)20-11-13-3-7-14(19)8-4-13/h3-10H,2,11H2,1H3,(H,20,25)(H2,21,22,23,24). The van der Waals surface area contributed by atoms with Gasteiger partial charge in [0.2, 0.25) is 0 Å². The van der Waals surface area contributed by atoms with Gasteiger partial charge in [-0.15, -0.1) is 10.2 Å². The Morgan fingerprint density at radius 3 is 2.40 bits per heavy atom. The van der Waals surface area contributed by atoms with Crippen molar-refractivity contribution in [2.45, 2.75) is 19.9 Å². The minimum Gasteiger partial charge on any atom is -0.346 e. The van der Waals surface area contributed by atoms with E-state index in [9.17, 15) is 9.18 Å². The second-order valence-corrected chi connectivity index (χ2v) is 5.51. The van der Waals surface area contributed by atoms with E-state index in [1.54, 1.807) is 12.1 Å². The summed E-state index contributed by atoms with van der Waals surface area (Å²) >= 11 is 0. The highest BCUT2D eigenvalue weighted by molar-refractivity contribution is 5.97. The van der Waals surface area contributed by atoms with Crippen LogP contribution in [-0.2, 0) is 13.0 Å². The molecule has 3 aromatic rings. The molecule has 7 heteroatoms. The van der Waals surface area contributed by atoms with E-state index in [0.717, 1.165) is 17.7 Å². The molecule has 1 aromatic heterocycles. The molecule has 3 rings (SSSR count). The zero-order valence-corrected chi connectivity index (χ0v) is 13.7. The fourth-order valence-corrected chi connectivity index (χ4v) is 2.31. The molecule has 0 saturated heterocycles. The van der Waals surface area contributed by atoms with Crippen molar-refractivity contribution in [3.8, 4) is 0 Å². The number of aromatic amines is 1. The van der Waals surface area contributed by atoms with Gasteiger partial charge in [-0.05, 0) is 41.8 Å². The first-order chi connectivity index (χ1) is 12.2. The molecule has 0 aliphatic rings. The number of amides is 1. The van der Waals surface area contributed by atoms with E-state index < -0.39 is 0 Å². The molecule has 2 aromatic carbocycles. The van der Waals surface area contributed by atoms with Gasteiger partial charge < -0.3 is 10.6 Å². The van der Waals surface area contributed by atoms with Gasteiger partial charge in [0.1, 0.15) is 5.82 Å². The fraction of sp³-hybridized carbons (Fsp3) is 0.167. The Hall–Kier alpha value is -3.22. The van der Waals surface area contributed by atoms with Gasteiger partial charge in [-0.3, -0.25) is 4.79 Å². The van der Waals surface area contributed by atoms with Gasteiger partial charge in [0.15, 0.2) is 11.5 Å². The number of hydrogen-bond donors (Lipinski definition) is 3. The molecular weight excluding hydrogens is 321 g/mol. The molecule has 0 aliphatic heterocycles. The summed E-state index contributed by atoms with van der Waals surface area (Å²) in [5, 5.41) is 16.2. The molecule has 1 amide bonds. The first-order valence-electron chi connectivity index (χ1n) is 7.95. The Labute approximate surface area is 144 Å². The molecule has 128 valence electrons. The highest BCUT2D eigenvalue weighted by atomic mass is 19.1. The monoisotopic (exact) mass is 339 g/mol. The van der Waals surface area contributed by atoms with Gasteiger partial charge in [-0.2, -0.15) is 5.21 Å². The molecular formula is C18H18FN5O. The minimum atomic E-state index is -0.370. The maximum atomic E-state index is 12.9. The lowest BCUT2D eigenvalue weighted by molar-refractivity contribution is 0.0946. The summed E-state index contributed by atoms with van der Waals surface area (Å²) in [5.74, 6) is -0.334. The minimum absolute atomic E-state index is 0.168. The number of rotatable bonds is 6. The fourth-order valence-electron chi connectivity index (χ4n) is 2.31. The zero-order valence-electron chi connectivity index (χ0n) is 13.7. The van der Waals surface area contributed by atoms with Crippen LogP contribution in [0.25, 0.3) is 0 Å². The lowest BCUT2D eigenvalue weighted by Crippen LogP contribution is -2.24. The molecule has 3 N–H and O–H groups in total. The van der Waals surface area contributed by atoms with E-state index in [1.165, 1.54) is 17.7 Å². The number of carbonyl (C=O) groups excluding carboxylic acids is 1. The number of nitrogens with zero attached hydrogens (tertiary/aromatic N) is 2. The number of aromatic nitrogens is 3. The maximum Gasteiger partial charge on any atom is 0.275 e. The SMILES string of the molecule is CCc1ccc(Nc2n[nH]nc2C(=O)NCc2ccc(F)cc2)cc1. The first-order valence-corrected chi connectivity index (χ1v) is 7.95. The Bertz CT molecular complexity index is 843. The van der Waals surface area contributed by atoms with Crippen molar-refractivity contribution < 1.29 is 9.18 Å². The first kappa shape index (κ1) is 16.6. The Morgan fingerprint density at radius 2 is 1.72 bits per heavy atom. The molecule has 0 aliphatic carbocycles. The third-order valence-electron chi connectivity index (χ3n) is 3.75. The molecule has 6 nitrogen and oxygen atoms in total. The quantitative estimate of drug-likeness (QED) is 0.644. The van der Waals surface area contributed by atoms with Crippen molar-refractivity contribution in [2.75, 3.05) is 5.32 Å². The average molecular weight is 339 g/mol. The Balaban J connectivity index is 1.65. The van der Waals surface area contributed by atoms with E-state index in [4.69, 9.17) is 0 Å². The molecule has 1 heterocycles. The van der Waals surface area contributed by atoms with E-state index in [2.05, 4.69) is 33.0 Å². The smallest absolute Gasteiger partial charge is 0.275 e. The molecule has 0 spiro atoms. The third-order valence-corrected chi connectivity index (χ3v) is 3.75. The number of nitrogens with one attached hydrogen (secondary N) is 3. The molecule has 0 unspecified atom stereocenters. The molecule has 0 bridgehead atoms. The normalized spacial score (nSPS) is 10.5. The number of H-pyrrole nitrogens is 1. The Morgan fingerprint density at radius 1 is 1.04 bits per heavy atom. The summed E-state index contributed by atoms with van der Waals surface area (Å²) in [5.41, 5.74) is 3.01. The van der Waals surface area contributed by atoms with Gasteiger partial charge in [0.25, 0.3) is 5.91 Å². The number of carbonyl (C=O) groups is 1. The van der Waals surface area contributed by atoms with Crippen LogP contribution < -0.4 is 10.6 Å². The summed E-state index contributed by atoms with van der Waals surface area (Å²) in [7, 11) is 0.